The smallest absolute Gasteiger partial charge is 0.354 e. The van der Waals surface area contributed by atoms with Crippen LogP contribution in [0.5, 0.6) is 0 Å². The van der Waals surface area contributed by atoms with Crippen molar-refractivity contribution in [1.29, 1.82) is 0 Å². The normalized spacial score (nSPS) is 10.7. The molecular weight excluding hydrogens is 300 g/mol. The Morgan fingerprint density at radius 2 is 1.70 bits per heavy atom. The number of hydrogen-bond acceptors (Lipinski definition) is 6. The van der Waals surface area contributed by atoms with Crippen LogP contribution in [0.2, 0.25) is 0 Å². The van der Waals surface area contributed by atoms with Gasteiger partial charge in [0.15, 0.2) is 0 Å². The Morgan fingerprint density at radius 3 is 2.22 bits per heavy atom. The summed E-state index contributed by atoms with van der Waals surface area (Å²) in [6, 6.07) is 3.63. The Morgan fingerprint density at radius 1 is 1.04 bits per heavy atom. The summed E-state index contributed by atoms with van der Waals surface area (Å²) >= 11 is 0. The van der Waals surface area contributed by atoms with Crippen LogP contribution in [-0.4, -0.2) is 32.1 Å². The largest absolute Gasteiger partial charge is 0.466 e. The van der Waals surface area contributed by atoms with Gasteiger partial charge in [-0.15, -0.1) is 0 Å². The van der Waals surface area contributed by atoms with Crippen molar-refractivity contribution in [2.24, 2.45) is 0 Å². The average Bonchev–Trinajstić information content (AvgIpc) is 2.48. The minimum Gasteiger partial charge on any atom is -0.466 e. The fourth-order valence-corrected chi connectivity index (χ4v) is 1.99. The highest BCUT2D eigenvalue weighted by molar-refractivity contribution is 6.01. The van der Waals surface area contributed by atoms with Gasteiger partial charge in [-0.2, -0.15) is 0 Å². The quantitative estimate of drug-likeness (QED) is 0.636. The lowest BCUT2D eigenvalue weighted by molar-refractivity contribution is -0.138. The molecule has 0 aliphatic rings. The molecule has 124 valence electrons. The number of carbonyl (C=O) groups is 3. The third kappa shape index (κ3) is 5.14. The molecule has 1 rings (SSSR count). The molecule has 0 fully saturated rings. The van der Waals surface area contributed by atoms with E-state index in [0.717, 1.165) is 17.2 Å². The van der Waals surface area contributed by atoms with E-state index in [0.29, 0.717) is 11.4 Å². The number of ether oxygens (including phenoxy) is 2. The highest BCUT2D eigenvalue weighted by atomic mass is 16.5. The first kappa shape index (κ1) is 18.2. The molecule has 0 saturated carbocycles. The number of methoxy groups -OCH3 is 2. The van der Waals surface area contributed by atoms with Crippen LogP contribution in [0.1, 0.15) is 18.1 Å². The maximum atomic E-state index is 11.8. The van der Waals surface area contributed by atoms with Crippen LogP contribution >= 0.6 is 0 Å². The van der Waals surface area contributed by atoms with E-state index in [1.807, 2.05) is 19.9 Å². The lowest BCUT2D eigenvalue weighted by Crippen LogP contribution is -2.17. The number of hydrogen-bond donors (Lipinski definition) is 2. The van der Waals surface area contributed by atoms with Gasteiger partial charge < -0.3 is 20.1 Å². The standard InChI is InChI=1S/C16H20N2O5/c1-9-6-10(2)15(17-11(3)19)12(7-9)18-13(16(21)23-5)8-14(20)22-4/h6-8,18H,1-5H3,(H,17,19)/b13-8+. The molecule has 0 saturated heterocycles. The SMILES string of the molecule is COC(=O)/C=C(/Nc1cc(C)cc(C)c1NC(C)=O)C(=O)OC. The molecule has 7 heteroatoms. The molecule has 0 heterocycles. The molecule has 0 aromatic heterocycles. The average molecular weight is 320 g/mol. The van der Waals surface area contributed by atoms with Crippen molar-refractivity contribution in [3.63, 3.8) is 0 Å². The van der Waals surface area contributed by atoms with Crippen LogP contribution < -0.4 is 10.6 Å². The van der Waals surface area contributed by atoms with E-state index in [4.69, 9.17) is 0 Å². The van der Waals surface area contributed by atoms with E-state index in [9.17, 15) is 14.4 Å². The van der Waals surface area contributed by atoms with Crippen molar-refractivity contribution < 1.29 is 23.9 Å². The summed E-state index contributed by atoms with van der Waals surface area (Å²) in [5, 5.41) is 5.52. The van der Waals surface area contributed by atoms with Crippen molar-refractivity contribution in [3.05, 3.63) is 35.0 Å². The number of carbonyl (C=O) groups excluding carboxylic acids is 3. The Hall–Kier alpha value is -2.83. The lowest BCUT2D eigenvalue weighted by atomic mass is 10.1. The molecule has 1 aromatic carbocycles. The van der Waals surface area contributed by atoms with E-state index < -0.39 is 11.9 Å². The monoisotopic (exact) mass is 320 g/mol. The predicted octanol–water partition coefficient (Wildman–Crippen LogP) is 1.90. The fourth-order valence-electron chi connectivity index (χ4n) is 1.99. The second kappa shape index (κ2) is 7.98. The molecule has 0 atom stereocenters. The summed E-state index contributed by atoms with van der Waals surface area (Å²) in [4.78, 5) is 34.6. The van der Waals surface area contributed by atoms with Gasteiger partial charge in [0.25, 0.3) is 0 Å². The number of aryl methyl sites for hydroxylation is 2. The predicted molar refractivity (Wildman–Crippen MR) is 86.0 cm³/mol. The molecule has 1 aromatic rings. The van der Waals surface area contributed by atoms with Gasteiger partial charge in [-0.05, 0) is 31.0 Å². The van der Waals surface area contributed by atoms with Crippen molar-refractivity contribution in [1.82, 2.24) is 0 Å². The van der Waals surface area contributed by atoms with Gasteiger partial charge in [0.2, 0.25) is 5.91 Å². The summed E-state index contributed by atoms with van der Waals surface area (Å²) in [5.41, 5.74) is 2.61. The lowest BCUT2D eigenvalue weighted by Gasteiger charge is -2.17. The van der Waals surface area contributed by atoms with Crippen molar-refractivity contribution in [2.45, 2.75) is 20.8 Å². The topological polar surface area (TPSA) is 93.7 Å². The van der Waals surface area contributed by atoms with Crippen LogP contribution in [-0.2, 0) is 23.9 Å². The number of amides is 1. The number of benzene rings is 1. The fraction of sp³-hybridized carbons (Fsp3) is 0.312. The Bertz CT molecular complexity index is 665. The van der Waals surface area contributed by atoms with Crippen LogP contribution in [0, 0.1) is 13.8 Å². The zero-order valence-electron chi connectivity index (χ0n) is 13.8. The summed E-state index contributed by atoms with van der Waals surface area (Å²) in [6.07, 6.45) is 0.987. The Kier molecular flexibility index (Phi) is 6.32. The number of esters is 2. The zero-order chi connectivity index (χ0) is 17.6. The van der Waals surface area contributed by atoms with Crippen LogP contribution in [0.25, 0.3) is 0 Å². The van der Waals surface area contributed by atoms with Gasteiger partial charge >= 0.3 is 11.9 Å². The van der Waals surface area contributed by atoms with Gasteiger partial charge in [0, 0.05) is 6.92 Å². The van der Waals surface area contributed by atoms with Crippen LogP contribution in [0.15, 0.2) is 23.9 Å². The summed E-state index contributed by atoms with van der Waals surface area (Å²) in [5.74, 6) is -1.69. The second-order valence-corrected chi connectivity index (χ2v) is 4.88. The first-order valence-electron chi connectivity index (χ1n) is 6.82. The Labute approximate surface area is 134 Å². The second-order valence-electron chi connectivity index (χ2n) is 4.88. The number of nitrogens with one attached hydrogen (secondary N) is 2. The third-order valence-electron chi connectivity index (χ3n) is 2.92. The number of rotatable bonds is 5. The number of anilines is 2. The molecule has 0 radical (unpaired) electrons. The molecule has 2 N–H and O–H groups in total. The molecule has 1 amide bonds. The highest BCUT2D eigenvalue weighted by Gasteiger charge is 2.16. The minimum absolute atomic E-state index is 0.101. The highest BCUT2D eigenvalue weighted by Crippen LogP contribution is 2.29. The van der Waals surface area contributed by atoms with Gasteiger partial charge in [-0.1, -0.05) is 6.07 Å². The molecule has 7 nitrogen and oxygen atoms in total. The minimum atomic E-state index is -0.733. The maximum absolute atomic E-state index is 11.8. The van der Waals surface area contributed by atoms with Gasteiger partial charge in [-0.25, -0.2) is 9.59 Å². The molecule has 23 heavy (non-hydrogen) atoms. The van der Waals surface area contributed by atoms with Crippen LogP contribution in [0.3, 0.4) is 0 Å². The third-order valence-corrected chi connectivity index (χ3v) is 2.92. The first-order chi connectivity index (χ1) is 10.8. The van der Waals surface area contributed by atoms with Gasteiger partial charge in [0.05, 0.1) is 31.7 Å². The molecule has 0 aliphatic carbocycles. The molecule has 0 spiro atoms. The van der Waals surface area contributed by atoms with Gasteiger partial charge in [-0.3, -0.25) is 4.79 Å². The van der Waals surface area contributed by atoms with E-state index in [-0.39, 0.29) is 11.6 Å². The summed E-state index contributed by atoms with van der Waals surface area (Å²) in [7, 11) is 2.40. The maximum Gasteiger partial charge on any atom is 0.354 e. The first-order valence-corrected chi connectivity index (χ1v) is 6.82. The van der Waals surface area contributed by atoms with Crippen molar-refractivity contribution >= 4 is 29.2 Å². The van der Waals surface area contributed by atoms with E-state index in [2.05, 4.69) is 20.1 Å². The van der Waals surface area contributed by atoms with Crippen molar-refractivity contribution in [2.75, 3.05) is 24.9 Å². The summed E-state index contributed by atoms with van der Waals surface area (Å²) in [6.45, 7) is 5.08. The summed E-state index contributed by atoms with van der Waals surface area (Å²) < 4.78 is 9.17. The molecule has 0 unspecified atom stereocenters. The molecule has 0 aliphatic heterocycles. The van der Waals surface area contributed by atoms with Crippen LogP contribution in [0.4, 0.5) is 11.4 Å². The molecule has 0 bridgehead atoms. The van der Waals surface area contributed by atoms with E-state index in [1.165, 1.54) is 21.1 Å². The molecular formula is C16H20N2O5. The van der Waals surface area contributed by atoms with E-state index >= 15 is 0 Å². The van der Waals surface area contributed by atoms with Crippen molar-refractivity contribution in [3.8, 4) is 0 Å². The van der Waals surface area contributed by atoms with Gasteiger partial charge in [0.1, 0.15) is 5.70 Å². The Balaban J connectivity index is 3.32. The zero-order valence-corrected chi connectivity index (χ0v) is 13.8. The van der Waals surface area contributed by atoms with E-state index in [1.54, 1.807) is 6.07 Å².